The lowest BCUT2D eigenvalue weighted by Crippen LogP contribution is -2.51. The Labute approximate surface area is 121 Å². The lowest BCUT2D eigenvalue weighted by Gasteiger charge is -2.23. The van der Waals surface area contributed by atoms with E-state index in [2.05, 4.69) is 21.2 Å². The van der Waals surface area contributed by atoms with Gasteiger partial charge in [-0.05, 0) is 38.5 Å². The summed E-state index contributed by atoms with van der Waals surface area (Å²) in [5.41, 5.74) is -0.134. The van der Waals surface area contributed by atoms with Crippen LogP contribution in [0.2, 0.25) is 0 Å². The zero-order valence-corrected chi connectivity index (χ0v) is 12.9. The highest BCUT2D eigenvalue weighted by molar-refractivity contribution is 9.10. The number of carbonyl (C=O) groups excluding carboxylic acids is 2. The highest BCUT2D eigenvalue weighted by Gasteiger charge is 2.30. The minimum Gasteiger partial charge on any atom is -0.464 e. The second kappa shape index (κ2) is 6.70. The normalized spacial score (nSPS) is 10.9. The van der Waals surface area contributed by atoms with Gasteiger partial charge in [-0.2, -0.15) is 0 Å². The first-order valence-electron chi connectivity index (χ1n) is 6.08. The highest BCUT2D eigenvalue weighted by atomic mass is 79.9. The lowest BCUT2D eigenvalue weighted by molar-refractivity contribution is -0.151. The largest absolute Gasteiger partial charge is 0.464 e. The van der Waals surface area contributed by atoms with Crippen LogP contribution >= 0.6 is 15.9 Å². The van der Waals surface area contributed by atoms with Gasteiger partial charge in [0, 0.05) is 4.47 Å². The molecule has 104 valence electrons. The number of hydrogen-bond donors (Lipinski definition) is 1. The van der Waals surface area contributed by atoms with Crippen LogP contribution < -0.4 is 5.32 Å². The first-order chi connectivity index (χ1) is 8.85. The molecule has 0 fully saturated rings. The van der Waals surface area contributed by atoms with Crippen LogP contribution in [-0.2, 0) is 20.7 Å². The minimum absolute atomic E-state index is 0.212. The average Bonchev–Trinajstić information content (AvgIpc) is 2.28. The number of esters is 1. The highest BCUT2D eigenvalue weighted by Crippen LogP contribution is 2.13. The van der Waals surface area contributed by atoms with E-state index in [1.807, 2.05) is 24.3 Å². The van der Waals surface area contributed by atoms with Crippen LogP contribution in [0.15, 0.2) is 28.7 Å². The van der Waals surface area contributed by atoms with Crippen LogP contribution in [0.5, 0.6) is 0 Å². The predicted molar refractivity (Wildman–Crippen MR) is 76.7 cm³/mol. The Hall–Kier alpha value is -1.36. The maximum Gasteiger partial charge on any atom is 0.331 e. The summed E-state index contributed by atoms with van der Waals surface area (Å²) >= 11 is 3.35. The summed E-state index contributed by atoms with van der Waals surface area (Å²) in [5.74, 6) is -0.645. The van der Waals surface area contributed by atoms with Gasteiger partial charge in [-0.15, -0.1) is 0 Å². The van der Waals surface area contributed by atoms with Gasteiger partial charge >= 0.3 is 5.97 Å². The number of rotatable bonds is 5. The third-order valence-electron chi connectivity index (χ3n) is 2.49. The maximum absolute atomic E-state index is 11.9. The quantitative estimate of drug-likeness (QED) is 0.845. The monoisotopic (exact) mass is 327 g/mol. The van der Waals surface area contributed by atoms with Crippen molar-refractivity contribution in [3.63, 3.8) is 0 Å². The topological polar surface area (TPSA) is 55.4 Å². The summed E-state index contributed by atoms with van der Waals surface area (Å²) in [6.45, 7) is 5.29. The number of nitrogens with one attached hydrogen (secondary N) is 1. The number of ether oxygens (including phenoxy) is 1. The second-order valence-corrected chi connectivity index (χ2v) is 5.62. The molecule has 0 aliphatic heterocycles. The van der Waals surface area contributed by atoms with Gasteiger partial charge in [-0.25, -0.2) is 4.79 Å². The molecule has 0 aliphatic carbocycles. The fourth-order valence-corrected chi connectivity index (χ4v) is 2.03. The van der Waals surface area contributed by atoms with Gasteiger partial charge in [0.25, 0.3) is 0 Å². The van der Waals surface area contributed by atoms with Gasteiger partial charge in [-0.3, -0.25) is 4.79 Å². The Balaban J connectivity index is 2.62. The molecule has 0 bridgehead atoms. The van der Waals surface area contributed by atoms with Gasteiger partial charge in [0.15, 0.2) is 0 Å². The molecule has 0 aliphatic rings. The van der Waals surface area contributed by atoms with Crippen molar-refractivity contribution in [1.29, 1.82) is 0 Å². The molecule has 0 spiro atoms. The van der Waals surface area contributed by atoms with Crippen molar-refractivity contribution in [1.82, 2.24) is 5.32 Å². The molecular weight excluding hydrogens is 310 g/mol. The smallest absolute Gasteiger partial charge is 0.331 e. The molecule has 5 heteroatoms. The van der Waals surface area contributed by atoms with Crippen LogP contribution in [-0.4, -0.2) is 24.0 Å². The molecule has 4 nitrogen and oxygen atoms in total. The molecule has 0 heterocycles. The van der Waals surface area contributed by atoms with Gasteiger partial charge in [-0.1, -0.05) is 28.1 Å². The van der Waals surface area contributed by atoms with E-state index in [1.165, 1.54) is 0 Å². The number of amides is 1. The molecule has 1 rings (SSSR count). The second-order valence-electron chi connectivity index (χ2n) is 4.70. The Morgan fingerprint density at radius 3 is 2.63 bits per heavy atom. The molecule has 0 saturated heterocycles. The standard InChI is InChI=1S/C14H18BrNO3/c1-4-19-13(18)14(2,3)16-12(17)9-10-6-5-7-11(15)8-10/h5-8H,4,9H2,1-3H3,(H,16,17). The molecule has 1 amide bonds. The minimum atomic E-state index is -1.01. The summed E-state index contributed by atoms with van der Waals surface area (Å²) in [7, 11) is 0. The van der Waals surface area contributed by atoms with Crippen molar-refractivity contribution < 1.29 is 14.3 Å². The summed E-state index contributed by atoms with van der Waals surface area (Å²) in [6.07, 6.45) is 0.224. The average molecular weight is 328 g/mol. The molecule has 0 atom stereocenters. The van der Waals surface area contributed by atoms with Crippen molar-refractivity contribution in [3.05, 3.63) is 34.3 Å². The van der Waals surface area contributed by atoms with Crippen molar-refractivity contribution in [2.45, 2.75) is 32.7 Å². The predicted octanol–water partition coefficient (Wildman–Crippen LogP) is 2.45. The van der Waals surface area contributed by atoms with Crippen LogP contribution in [0.25, 0.3) is 0 Å². The number of hydrogen-bond acceptors (Lipinski definition) is 3. The van der Waals surface area contributed by atoms with Gasteiger partial charge < -0.3 is 10.1 Å². The number of benzene rings is 1. The third-order valence-corrected chi connectivity index (χ3v) is 2.98. The Bertz CT molecular complexity index is 472. The van der Waals surface area contributed by atoms with E-state index < -0.39 is 11.5 Å². The SMILES string of the molecule is CCOC(=O)C(C)(C)NC(=O)Cc1cccc(Br)c1. The summed E-state index contributed by atoms with van der Waals surface area (Å²) in [5, 5.41) is 2.68. The van der Waals surface area contributed by atoms with Crippen molar-refractivity contribution >= 4 is 27.8 Å². The van der Waals surface area contributed by atoms with E-state index in [-0.39, 0.29) is 12.3 Å². The summed E-state index contributed by atoms with van der Waals surface area (Å²) in [6, 6.07) is 7.49. The Kier molecular flexibility index (Phi) is 5.54. The van der Waals surface area contributed by atoms with Gasteiger partial charge in [0.2, 0.25) is 5.91 Å². The Morgan fingerprint density at radius 2 is 2.05 bits per heavy atom. The Morgan fingerprint density at radius 1 is 1.37 bits per heavy atom. The van der Waals surface area contributed by atoms with Crippen molar-refractivity contribution in [3.8, 4) is 0 Å². The van der Waals surface area contributed by atoms with E-state index in [4.69, 9.17) is 4.74 Å². The van der Waals surface area contributed by atoms with E-state index in [1.54, 1.807) is 20.8 Å². The lowest BCUT2D eigenvalue weighted by atomic mass is 10.0. The summed E-state index contributed by atoms with van der Waals surface area (Å²) in [4.78, 5) is 23.6. The number of halogens is 1. The molecule has 0 saturated carbocycles. The van der Waals surface area contributed by atoms with Crippen molar-refractivity contribution in [2.75, 3.05) is 6.61 Å². The molecule has 1 N–H and O–H groups in total. The first-order valence-corrected chi connectivity index (χ1v) is 6.87. The van der Waals surface area contributed by atoms with Gasteiger partial charge in [0.1, 0.15) is 5.54 Å². The summed E-state index contributed by atoms with van der Waals surface area (Å²) < 4.78 is 5.83. The van der Waals surface area contributed by atoms with Crippen LogP contribution in [0.3, 0.4) is 0 Å². The molecular formula is C14H18BrNO3. The van der Waals surface area contributed by atoms with E-state index in [0.717, 1.165) is 10.0 Å². The van der Waals surface area contributed by atoms with Crippen LogP contribution in [0.4, 0.5) is 0 Å². The zero-order chi connectivity index (χ0) is 14.5. The van der Waals surface area contributed by atoms with E-state index >= 15 is 0 Å². The fourth-order valence-electron chi connectivity index (χ4n) is 1.59. The number of carbonyl (C=O) groups is 2. The van der Waals surface area contributed by atoms with Crippen LogP contribution in [0, 0.1) is 0 Å². The van der Waals surface area contributed by atoms with Gasteiger partial charge in [0.05, 0.1) is 13.0 Å². The molecule has 0 unspecified atom stereocenters. The van der Waals surface area contributed by atoms with Crippen molar-refractivity contribution in [2.24, 2.45) is 0 Å². The molecule has 1 aromatic carbocycles. The molecule has 0 aromatic heterocycles. The fraction of sp³-hybridized carbons (Fsp3) is 0.429. The molecule has 1 aromatic rings. The third kappa shape index (κ3) is 5.03. The van der Waals surface area contributed by atoms with Crippen LogP contribution in [0.1, 0.15) is 26.3 Å². The van der Waals surface area contributed by atoms with E-state index in [0.29, 0.717) is 6.61 Å². The maximum atomic E-state index is 11.9. The molecule has 19 heavy (non-hydrogen) atoms. The zero-order valence-electron chi connectivity index (χ0n) is 11.3. The molecule has 0 radical (unpaired) electrons. The van der Waals surface area contributed by atoms with E-state index in [9.17, 15) is 9.59 Å². The first kappa shape index (κ1) is 15.7.